The van der Waals surface area contributed by atoms with Gasteiger partial charge in [0.2, 0.25) is 5.88 Å². The lowest BCUT2D eigenvalue weighted by Gasteiger charge is -2.28. The predicted molar refractivity (Wildman–Crippen MR) is 106 cm³/mol. The summed E-state index contributed by atoms with van der Waals surface area (Å²) in [4.78, 5) is 20.0. The number of ether oxygens (including phenoxy) is 1. The van der Waals surface area contributed by atoms with Crippen LogP contribution in [0.3, 0.4) is 0 Å². The Morgan fingerprint density at radius 3 is 2.59 bits per heavy atom. The minimum atomic E-state index is -5.08. The molecule has 170 valence electrons. The fourth-order valence-electron chi connectivity index (χ4n) is 3.29. The molecule has 0 radical (unpaired) electrons. The number of carbonyl (C=O) groups is 1. The van der Waals surface area contributed by atoms with Crippen LogP contribution < -0.4 is 4.74 Å². The second-order valence-electron chi connectivity index (χ2n) is 6.91. The Morgan fingerprint density at radius 2 is 1.94 bits per heavy atom. The maximum Gasteiger partial charge on any atom is 0.490 e. The second kappa shape index (κ2) is 9.77. The van der Waals surface area contributed by atoms with Gasteiger partial charge in [-0.05, 0) is 18.2 Å². The van der Waals surface area contributed by atoms with E-state index in [0.29, 0.717) is 5.88 Å². The fourth-order valence-corrected chi connectivity index (χ4v) is 3.29. The van der Waals surface area contributed by atoms with Crippen molar-refractivity contribution in [3.8, 4) is 17.1 Å². The first-order valence-corrected chi connectivity index (χ1v) is 9.49. The molecule has 11 heteroatoms. The third-order valence-corrected chi connectivity index (χ3v) is 4.74. The van der Waals surface area contributed by atoms with E-state index >= 15 is 0 Å². The van der Waals surface area contributed by atoms with Gasteiger partial charge in [0.05, 0.1) is 25.5 Å². The average molecular weight is 452 g/mol. The van der Waals surface area contributed by atoms with E-state index in [0.717, 1.165) is 48.8 Å². The normalized spacial score (nSPS) is 13.7. The van der Waals surface area contributed by atoms with Crippen molar-refractivity contribution in [2.45, 2.75) is 25.8 Å². The summed E-state index contributed by atoms with van der Waals surface area (Å²) in [7, 11) is 1.64. The molecule has 0 saturated carbocycles. The molecule has 7 nitrogen and oxygen atoms in total. The number of carboxylic acid groups (broad SMARTS) is 1. The standard InChI is InChI=1S/C19H19FN4O.C2HF3O2/c1-25-19-15(5-3-7-21-19)12-23-8-9-24-17(11-22-18(24)13-23)14-4-2-6-16(20)10-14;3-2(4,5)1(6)7/h2-7,10-11H,8-9,12-13H2,1H3;(H,6,7). The van der Waals surface area contributed by atoms with Crippen molar-refractivity contribution < 1.29 is 32.2 Å². The Bertz CT molecular complexity index is 1080. The molecule has 1 aliphatic heterocycles. The molecule has 1 N–H and O–H groups in total. The van der Waals surface area contributed by atoms with E-state index in [4.69, 9.17) is 14.6 Å². The van der Waals surface area contributed by atoms with Crippen molar-refractivity contribution in [2.75, 3.05) is 13.7 Å². The molecule has 4 rings (SSSR count). The molecule has 0 fully saturated rings. The highest BCUT2D eigenvalue weighted by molar-refractivity contribution is 5.73. The van der Waals surface area contributed by atoms with Gasteiger partial charge >= 0.3 is 12.1 Å². The maximum absolute atomic E-state index is 13.5. The Morgan fingerprint density at radius 1 is 1.19 bits per heavy atom. The lowest BCUT2D eigenvalue weighted by molar-refractivity contribution is -0.192. The zero-order valence-corrected chi connectivity index (χ0v) is 17.0. The minimum absolute atomic E-state index is 0.228. The van der Waals surface area contributed by atoms with Gasteiger partial charge in [-0.1, -0.05) is 18.2 Å². The molecule has 0 amide bonds. The van der Waals surface area contributed by atoms with Crippen molar-refractivity contribution in [1.29, 1.82) is 0 Å². The Balaban J connectivity index is 0.000000360. The van der Waals surface area contributed by atoms with Crippen LogP contribution in [0.2, 0.25) is 0 Å². The summed E-state index contributed by atoms with van der Waals surface area (Å²) in [5, 5.41) is 7.12. The summed E-state index contributed by atoms with van der Waals surface area (Å²) >= 11 is 0. The highest BCUT2D eigenvalue weighted by Crippen LogP contribution is 2.26. The van der Waals surface area contributed by atoms with Crippen molar-refractivity contribution >= 4 is 5.97 Å². The molecule has 0 bridgehead atoms. The summed E-state index contributed by atoms with van der Waals surface area (Å²) in [6, 6.07) is 10.6. The Labute approximate surface area is 180 Å². The third-order valence-electron chi connectivity index (χ3n) is 4.74. The van der Waals surface area contributed by atoms with Crippen LogP contribution in [0, 0.1) is 5.82 Å². The summed E-state index contributed by atoms with van der Waals surface area (Å²) in [6.07, 6.45) is -1.52. The molecule has 0 saturated heterocycles. The number of pyridine rings is 1. The molecule has 32 heavy (non-hydrogen) atoms. The second-order valence-corrected chi connectivity index (χ2v) is 6.91. The van der Waals surface area contributed by atoms with E-state index in [1.807, 2.05) is 24.4 Å². The van der Waals surface area contributed by atoms with E-state index < -0.39 is 12.1 Å². The molecule has 0 aliphatic carbocycles. The van der Waals surface area contributed by atoms with Crippen molar-refractivity contribution in [3.05, 3.63) is 66.0 Å². The summed E-state index contributed by atoms with van der Waals surface area (Å²) in [6.45, 7) is 3.22. The van der Waals surface area contributed by atoms with E-state index in [2.05, 4.69) is 19.4 Å². The SMILES string of the molecule is COc1ncccc1CN1CCn2c(-c3cccc(F)c3)cnc2C1.O=C(O)C(F)(F)F. The molecule has 0 atom stereocenters. The number of aliphatic carboxylic acids is 1. The molecular formula is C21H20F4N4O3. The number of alkyl halides is 3. The van der Waals surface area contributed by atoms with Crippen LogP contribution in [0.15, 0.2) is 48.8 Å². The van der Waals surface area contributed by atoms with Crippen LogP contribution in [0.5, 0.6) is 5.88 Å². The molecule has 1 aliphatic rings. The number of benzene rings is 1. The zero-order chi connectivity index (χ0) is 23.3. The van der Waals surface area contributed by atoms with Gasteiger partial charge in [0.25, 0.3) is 0 Å². The van der Waals surface area contributed by atoms with E-state index in [9.17, 15) is 17.6 Å². The van der Waals surface area contributed by atoms with Crippen LogP contribution in [-0.4, -0.2) is 50.3 Å². The van der Waals surface area contributed by atoms with Gasteiger partial charge in [-0.25, -0.2) is 19.2 Å². The molecule has 3 aromatic rings. The molecule has 3 heterocycles. The smallest absolute Gasteiger partial charge is 0.481 e. The van der Waals surface area contributed by atoms with Crippen LogP contribution in [-0.2, 0) is 24.4 Å². The van der Waals surface area contributed by atoms with Gasteiger partial charge < -0.3 is 14.4 Å². The quantitative estimate of drug-likeness (QED) is 0.608. The zero-order valence-electron chi connectivity index (χ0n) is 17.0. The topological polar surface area (TPSA) is 80.5 Å². The third kappa shape index (κ3) is 5.61. The number of rotatable bonds is 4. The largest absolute Gasteiger partial charge is 0.490 e. The Kier molecular flexibility index (Phi) is 7.08. The number of methoxy groups -OCH3 is 1. The molecule has 1 aromatic carbocycles. The number of fused-ring (bicyclic) bond motifs is 1. The number of hydrogen-bond donors (Lipinski definition) is 1. The van der Waals surface area contributed by atoms with Gasteiger partial charge in [0.1, 0.15) is 11.6 Å². The van der Waals surface area contributed by atoms with Crippen LogP contribution in [0.25, 0.3) is 11.3 Å². The number of imidazole rings is 1. The Hall–Kier alpha value is -3.47. The summed E-state index contributed by atoms with van der Waals surface area (Å²) in [5.41, 5.74) is 2.89. The highest BCUT2D eigenvalue weighted by atomic mass is 19.4. The number of hydrogen-bond acceptors (Lipinski definition) is 5. The van der Waals surface area contributed by atoms with E-state index in [1.165, 1.54) is 6.07 Å². The molecular weight excluding hydrogens is 432 g/mol. The predicted octanol–water partition coefficient (Wildman–Crippen LogP) is 3.74. The lowest BCUT2D eigenvalue weighted by atomic mass is 10.1. The van der Waals surface area contributed by atoms with Crippen LogP contribution >= 0.6 is 0 Å². The van der Waals surface area contributed by atoms with Gasteiger partial charge in [-0.3, -0.25) is 4.90 Å². The molecule has 0 unspecified atom stereocenters. The number of nitrogens with zero attached hydrogens (tertiary/aromatic N) is 4. The monoisotopic (exact) mass is 452 g/mol. The average Bonchev–Trinajstić information content (AvgIpc) is 3.17. The molecule has 0 spiro atoms. The van der Waals surface area contributed by atoms with Crippen molar-refractivity contribution in [3.63, 3.8) is 0 Å². The van der Waals surface area contributed by atoms with Gasteiger partial charge in [-0.15, -0.1) is 0 Å². The lowest BCUT2D eigenvalue weighted by Crippen LogP contribution is -2.33. The maximum atomic E-state index is 13.5. The number of aromatic nitrogens is 3. The highest BCUT2D eigenvalue weighted by Gasteiger charge is 2.38. The first-order chi connectivity index (χ1) is 15.2. The summed E-state index contributed by atoms with van der Waals surface area (Å²) in [5.74, 6) is -1.33. The van der Waals surface area contributed by atoms with Crippen LogP contribution in [0.4, 0.5) is 17.6 Å². The van der Waals surface area contributed by atoms with Crippen molar-refractivity contribution in [2.24, 2.45) is 0 Å². The van der Waals surface area contributed by atoms with Gasteiger partial charge in [-0.2, -0.15) is 13.2 Å². The first kappa shape index (κ1) is 23.2. The van der Waals surface area contributed by atoms with Gasteiger partial charge in [0.15, 0.2) is 0 Å². The van der Waals surface area contributed by atoms with E-state index in [-0.39, 0.29) is 5.82 Å². The van der Waals surface area contributed by atoms with Crippen molar-refractivity contribution in [1.82, 2.24) is 19.4 Å². The first-order valence-electron chi connectivity index (χ1n) is 9.49. The number of halogens is 4. The van der Waals surface area contributed by atoms with Gasteiger partial charge in [0, 0.05) is 37.0 Å². The minimum Gasteiger partial charge on any atom is -0.481 e. The molecule has 2 aromatic heterocycles. The van der Waals surface area contributed by atoms with Crippen LogP contribution in [0.1, 0.15) is 11.4 Å². The fraction of sp³-hybridized carbons (Fsp3) is 0.286. The number of carboxylic acids is 1. The van der Waals surface area contributed by atoms with E-state index in [1.54, 1.807) is 25.4 Å². The summed E-state index contributed by atoms with van der Waals surface area (Å²) < 4.78 is 52.8.